The van der Waals surface area contributed by atoms with Gasteiger partial charge in [0.15, 0.2) is 0 Å². The zero-order chi connectivity index (χ0) is 13.7. The second kappa shape index (κ2) is 6.14. The van der Waals surface area contributed by atoms with Gasteiger partial charge in [-0.1, -0.05) is 30.3 Å². The summed E-state index contributed by atoms with van der Waals surface area (Å²) in [5.74, 6) is -0.916. The number of rotatable bonds is 6. The minimum Gasteiger partial charge on any atom is -0.480 e. The second-order valence-corrected chi connectivity index (χ2v) is 5.03. The monoisotopic (exact) mass is 264 g/mol. The van der Waals surface area contributed by atoms with Gasteiger partial charge >= 0.3 is 5.97 Å². The molecular weight excluding hydrogens is 244 g/mol. The zero-order valence-corrected chi connectivity index (χ0v) is 10.9. The molecule has 0 saturated carbocycles. The number of benzene rings is 1. The van der Waals surface area contributed by atoms with Crippen molar-refractivity contribution < 1.29 is 14.6 Å². The predicted octanol–water partition coefficient (Wildman–Crippen LogP) is 0.691. The molecule has 1 heterocycles. The van der Waals surface area contributed by atoms with Crippen molar-refractivity contribution in [2.45, 2.75) is 18.6 Å². The fourth-order valence-electron chi connectivity index (χ4n) is 2.24. The van der Waals surface area contributed by atoms with Crippen LogP contribution in [0, 0.1) is 0 Å². The van der Waals surface area contributed by atoms with Gasteiger partial charge in [0.1, 0.15) is 5.54 Å². The fourth-order valence-corrected chi connectivity index (χ4v) is 2.24. The molecule has 3 N–H and O–H groups in total. The molecule has 0 aliphatic carbocycles. The molecule has 0 amide bonds. The van der Waals surface area contributed by atoms with Gasteiger partial charge in [0.25, 0.3) is 0 Å². The highest BCUT2D eigenvalue weighted by Crippen LogP contribution is 2.18. The van der Waals surface area contributed by atoms with Gasteiger partial charge in [0.2, 0.25) is 0 Å². The maximum atomic E-state index is 11.0. The summed E-state index contributed by atoms with van der Waals surface area (Å²) < 4.78 is 5.58. The molecule has 1 unspecified atom stereocenters. The van der Waals surface area contributed by atoms with Crippen LogP contribution in [-0.4, -0.2) is 47.8 Å². The summed E-state index contributed by atoms with van der Waals surface area (Å²) in [4.78, 5) is 13.0. The molecule has 5 nitrogen and oxygen atoms in total. The maximum absolute atomic E-state index is 11.0. The molecule has 19 heavy (non-hydrogen) atoms. The SMILES string of the molecule is NC1(C(=O)O)CCN(CCOCc2ccccc2)C1. The van der Waals surface area contributed by atoms with E-state index in [0.717, 1.165) is 18.7 Å². The van der Waals surface area contributed by atoms with Crippen LogP contribution in [0.4, 0.5) is 0 Å². The van der Waals surface area contributed by atoms with Crippen molar-refractivity contribution in [1.82, 2.24) is 4.90 Å². The number of hydrogen-bond acceptors (Lipinski definition) is 4. The first kappa shape index (κ1) is 14.0. The van der Waals surface area contributed by atoms with Gasteiger partial charge in [-0.3, -0.25) is 9.69 Å². The third kappa shape index (κ3) is 3.76. The number of carbonyl (C=O) groups is 1. The number of carboxylic acid groups (broad SMARTS) is 1. The van der Waals surface area contributed by atoms with E-state index >= 15 is 0 Å². The molecule has 1 aliphatic rings. The van der Waals surface area contributed by atoms with Crippen LogP contribution in [0.25, 0.3) is 0 Å². The van der Waals surface area contributed by atoms with Crippen LogP contribution in [0.1, 0.15) is 12.0 Å². The predicted molar refractivity (Wildman–Crippen MR) is 71.7 cm³/mol. The summed E-state index contributed by atoms with van der Waals surface area (Å²) in [6.07, 6.45) is 0.501. The van der Waals surface area contributed by atoms with Crippen molar-refractivity contribution in [1.29, 1.82) is 0 Å². The quantitative estimate of drug-likeness (QED) is 0.739. The van der Waals surface area contributed by atoms with Gasteiger partial charge in [-0.15, -0.1) is 0 Å². The molecule has 1 saturated heterocycles. The first-order valence-electron chi connectivity index (χ1n) is 6.46. The third-order valence-electron chi connectivity index (χ3n) is 3.47. The van der Waals surface area contributed by atoms with Crippen molar-refractivity contribution in [2.24, 2.45) is 5.73 Å². The molecule has 0 aromatic heterocycles. The van der Waals surface area contributed by atoms with Gasteiger partial charge in [-0.05, 0) is 12.0 Å². The summed E-state index contributed by atoms with van der Waals surface area (Å²) >= 11 is 0. The maximum Gasteiger partial charge on any atom is 0.325 e. The lowest BCUT2D eigenvalue weighted by molar-refractivity contribution is -0.142. The Balaban J connectivity index is 1.66. The highest BCUT2D eigenvalue weighted by atomic mass is 16.5. The largest absolute Gasteiger partial charge is 0.480 e. The van der Waals surface area contributed by atoms with E-state index in [1.807, 2.05) is 35.2 Å². The minimum absolute atomic E-state index is 0.400. The lowest BCUT2D eigenvalue weighted by Crippen LogP contribution is -2.50. The molecule has 1 aromatic rings. The van der Waals surface area contributed by atoms with Crippen LogP contribution >= 0.6 is 0 Å². The van der Waals surface area contributed by atoms with Gasteiger partial charge in [0.05, 0.1) is 13.2 Å². The van der Waals surface area contributed by atoms with Crippen molar-refractivity contribution in [3.05, 3.63) is 35.9 Å². The summed E-state index contributed by atoms with van der Waals surface area (Å²) in [5.41, 5.74) is 5.86. The topological polar surface area (TPSA) is 75.8 Å². The Hall–Kier alpha value is -1.43. The number of aliphatic carboxylic acids is 1. The van der Waals surface area contributed by atoms with E-state index in [4.69, 9.17) is 15.6 Å². The number of nitrogens with zero attached hydrogens (tertiary/aromatic N) is 1. The zero-order valence-electron chi connectivity index (χ0n) is 10.9. The lowest BCUT2D eigenvalue weighted by atomic mass is 10.0. The second-order valence-electron chi connectivity index (χ2n) is 5.03. The molecule has 1 aromatic carbocycles. The Kier molecular flexibility index (Phi) is 4.52. The third-order valence-corrected chi connectivity index (χ3v) is 3.47. The summed E-state index contributed by atoms with van der Waals surface area (Å²) in [7, 11) is 0. The summed E-state index contributed by atoms with van der Waals surface area (Å²) in [6.45, 7) is 3.01. The number of nitrogens with two attached hydrogens (primary N) is 1. The van der Waals surface area contributed by atoms with E-state index < -0.39 is 11.5 Å². The average molecular weight is 264 g/mol. The standard InChI is InChI=1S/C14H20N2O3/c15-14(13(17)18)6-7-16(11-14)8-9-19-10-12-4-2-1-3-5-12/h1-5H,6-11,15H2,(H,17,18). The van der Waals surface area contributed by atoms with Gasteiger partial charge in [-0.2, -0.15) is 0 Å². The van der Waals surface area contributed by atoms with E-state index in [0.29, 0.717) is 26.2 Å². The highest BCUT2D eigenvalue weighted by Gasteiger charge is 2.40. The first-order chi connectivity index (χ1) is 9.10. The number of carboxylic acids is 1. The normalized spacial score (nSPS) is 23.6. The van der Waals surface area contributed by atoms with E-state index in [1.54, 1.807) is 0 Å². The van der Waals surface area contributed by atoms with Crippen molar-refractivity contribution in [3.63, 3.8) is 0 Å². The molecule has 0 bridgehead atoms. The average Bonchev–Trinajstić information content (AvgIpc) is 2.79. The molecule has 1 aliphatic heterocycles. The lowest BCUT2D eigenvalue weighted by Gasteiger charge is -2.19. The molecule has 5 heteroatoms. The Morgan fingerprint density at radius 2 is 2.16 bits per heavy atom. The highest BCUT2D eigenvalue weighted by molar-refractivity contribution is 5.79. The van der Waals surface area contributed by atoms with E-state index in [2.05, 4.69) is 0 Å². The van der Waals surface area contributed by atoms with Crippen LogP contribution in [0.15, 0.2) is 30.3 Å². The minimum atomic E-state index is -1.08. The van der Waals surface area contributed by atoms with Crippen molar-refractivity contribution in [3.8, 4) is 0 Å². The smallest absolute Gasteiger partial charge is 0.325 e. The van der Waals surface area contributed by atoms with E-state index in [1.165, 1.54) is 0 Å². The van der Waals surface area contributed by atoms with Gasteiger partial charge in [-0.25, -0.2) is 0 Å². The number of ether oxygens (including phenoxy) is 1. The Bertz CT molecular complexity index is 424. The summed E-state index contributed by atoms with van der Waals surface area (Å²) in [6, 6.07) is 9.97. The fraction of sp³-hybridized carbons (Fsp3) is 0.500. The Morgan fingerprint density at radius 3 is 2.79 bits per heavy atom. The number of likely N-dealkylation sites (tertiary alicyclic amines) is 1. The molecular formula is C14H20N2O3. The van der Waals surface area contributed by atoms with Crippen molar-refractivity contribution >= 4 is 5.97 Å². The molecule has 1 atom stereocenters. The van der Waals surface area contributed by atoms with E-state index in [9.17, 15) is 4.79 Å². The molecule has 0 spiro atoms. The molecule has 2 rings (SSSR count). The van der Waals surface area contributed by atoms with Crippen LogP contribution in [0.3, 0.4) is 0 Å². The Labute approximate surface area is 113 Å². The summed E-state index contributed by atoms with van der Waals surface area (Å²) in [5, 5.41) is 9.03. The Morgan fingerprint density at radius 1 is 1.42 bits per heavy atom. The number of hydrogen-bond donors (Lipinski definition) is 2. The van der Waals surface area contributed by atoms with Gasteiger partial charge < -0.3 is 15.6 Å². The van der Waals surface area contributed by atoms with Crippen LogP contribution in [-0.2, 0) is 16.1 Å². The first-order valence-corrected chi connectivity index (χ1v) is 6.46. The molecule has 1 fully saturated rings. The van der Waals surface area contributed by atoms with Crippen molar-refractivity contribution in [2.75, 3.05) is 26.2 Å². The molecule has 0 radical (unpaired) electrons. The van der Waals surface area contributed by atoms with E-state index in [-0.39, 0.29) is 0 Å². The molecule has 104 valence electrons. The van der Waals surface area contributed by atoms with Crippen LogP contribution in [0.2, 0.25) is 0 Å². The van der Waals surface area contributed by atoms with Gasteiger partial charge in [0, 0.05) is 19.6 Å². The van der Waals surface area contributed by atoms with Crippen LogP contribution in [0.5, 0.6) is 0 Å². The van der Waals surface area contributed by atoms with Crippen LogP contribution < -0.4 is 5.73 Å².